The maximum atomic E-state index is 13.9. The molecule has 2 rings (SSSR count). The van der Waals surface area contributed by atoms with Gasteiger partial charge in [0.15, 0.2) is 0 Å². The van der Waals surface area contributed by atoms with Gasteiger partial charge in [0.2, 0.25) is 0 Å². The summed E-state index contributed by atoms with van der Waals surface area (Å²) < 4.78 is 27.0. The fourth-order valence-electron chi connectivity index (χ4n) is 1.84. The highest BCUT2D eigenvalue weighted by atomic mass is 19.1. The molecule has 0 atom stereocenters. The van der Waals surface area contributed by atoms with E-state index in [0.29, 0.717) is 23.1 Å². The van der Waals surface area contributed by atoms with Crippen LogP contribution in [0.4, 0.5) is 8.78 Å². The summed E-state index contributed by atoms with van der Waals surface area (Å²) in [6.45, 7) is 5.75. The molecule has 0 heterocycles. The summed E-state index contributed by atoms with van der Waals surface area (Å²) in [6, 6.07) is 11.0. The zero-order valence-corrected chi connectivity index (χ0v) is 10.2. The molecule has 0 N–H and O–H groups in total. The normalized spacial score (nSPS) is 10.4. The van der Waals surface area contributed by atoms with Crippen LogP contribution in [0.5, 0.6) is 0 Å². The lowest BCUT2D eigenvalue weighted by molar-refractivity contribution is 0.623. The Morgan fingerprint density at radius 2 is 1.78 bits per heavy atom. The lowest BCUT2D eigenvalue weighted by Crippen LogP contribution is -1.89. The predicted molar refractivity (Wildman–Crippen MR) is 71.1 cm³/mol. The zero-order chi connectivity index (χ0) is 13.1. The smallest absolute Gasteiger partial charge is 0.131 e. The second-order valence-corrected chi connectivity index (χ2v) is 4.16. The molecule has 0 aliphatic rings. The lowest BCUT2D eigenvalue weighted by Gasteiger charge is -2.07. The highest BCUT2D eigenvalue weighted by Gasteiger charge is 2.07. The van der Waals surface area contributed by atoms with E-state index in [-0.39, 0.29) is 11.6 Å². The average molecular weight is 244 g/mol. The molecule has 0 bridgehead atoms. The van der Waals surface area contributed by atoms with Crippen molar-refractivity contribution in [3.05, 3.63) is 66.2 Å². The van der Waals surface area contributed by atoms with E-state index in [1.54, 1.807) is 24.3 Å². The fourth-order valence-corrected chi connectivity index (χ4v) is 1.84. The van der Waals surface area contributed by atoms with Crippen LogP contribution in [0.2, 0.25) is 0 Å². The molecule has 92 valence electrons. The Labute approximate surface area is 106 Å². The van der Waals surface area contributed by atoms with E-state index >= 15 is 0 Å². The molecule has 0 unspecified atom stereocenters. The van der Waals surface area contributed by atoms with Crippen LogP contribution in [-0.2, 0) is 0 Å². The Balaban J connectivity index is 2.43. The number of rotatable bonds is 3. The van der Waals surface area contributed by atoms with Crippen LogP contribution >= 0.6 is 0 Å². The third-order valence-corrected chi connectivity index (χ3v) is 2.93. The Morgan fingerprint density at radius 3 is 2.39 bits per heavy atom. The molecular weight excluding hydrogens is 230 g/mol. The van der Waals surface area contributed by atoms with Gasteiger partial charge in [-0.2, -0.15) is 0 Å². The molecule has 18 heavy (non-hydrogen) atoms. The Bertz CT molecular complexity index is 585. The number of halogens is 2. The van der Waals surface area contributed by atoms with E-state index in [2.05, 4.69) is 6.58 Å². The van der Waals surface area contributed by atoms with E-state index < -0.39 is 0 Å². The van der Waals surface area contributed by atoms with Crippen LogP contribution in [0.25, 0.3) is 16.7 Å². The molecule has 0 radical (unpaired) electrons. The minimum Gasteiger partial charge on any atom is -0.207 e. The topological polar surface area (TPSA) is 0 Å². The van der Waals surface area contributed by atoms with Gasteiger partial charge in [0.25, 0.3) is 0 Å². The van der Waals surface area contributed by atoms with Crippen LogP contribution in [0.1, 0.15) is 18.9 Å². The van der Waals surface area contributed by atoms with Gasteiger partial charge in [-0.25, -0.2) is 8.78 Å². The van der Waals surface area contributed by atoms with Gasteiger partial charge < -0.3 is 0 Å². The molecule has 0 amide bonds. The summed E-state index contributed by atoms with van der Waals surface area (Å²) in [5.41, 5.74) is 2.62. The van der Waals surface area contributed by atoms with Crippen molar-refractivity contribution in [2.75, 3.05) is 0 Å². The molecule has 2 aromatic carbocycles. The lowest BCUT2D eigenvalue weighted by atomic mass is 9.99. The molecule has 2 heteroatoms. The van der Waals surface area contributed by atoms with Gasteiger partial charge in [0.05, 0.1) is 0 Å². The van der Waals surface area contributed by atoms with E-state index in [0.717, 1.165) is 5.57 Å². The summed E-state index contributed by atoms with van der Waals surface area (Å²) in [4.78, 5) is 0. The van der Waals surface area contributed by atoms with Crippen LogP contribution in [0.3, 0.4) is 0 Å². The van der Waals surface area contributed by atoms with Gasteiger partial charge in [-0.3, -0.25) is 0 Å². The fraction of sp³-hybridized carbons (Fsp3) is 0.125. The minimum absolute atomic E-state index is 0.316. The largest absolute Gasteiger partial charge is 0.207 e. The first-order chi connectivity index (χ1) is 8.61. The van der Waals surface area contributed by atoms with Gasteiger partial charge in [-0.05, 0) is 41.3 Å². The van der Waals surface area contributed by atoms with Crippen LogP contribution in [0, 0.1) is 11.6 Å². The van der Waals surface area contributed by atoms with Crippen molar-refractivity contribution in [1.82, 2.24) is 0 Å². The van der Waals surface area contributed by atoms with Crippen LogP contribution in [0.15, 0.2) is 49.0 Å². The molecule has 0 nitrogen and oxygen atoms in total. The average Bonchev–Trinajstić information content (AvgIpc) is 2.37. The zero-order valence-electron chi connectivity index (χ0n) is 10.2. The van der Waals surface area contributed by atoms with Gasteiger partial charge in [0, 0.05) is 5.56 Å². The third kappa shape index (κ3) is 2.48. The molecule has 0 aliphatic heterocycles. The minimum atomic E-state index is -0.324. The molecule has 0 saturated carbocycles. The van der Waals surface area contributed by atoms with E-state index in [1.807, 2.05) is 6.92 Å². The molecule has 0 aliphatic carbocycles. The van der Waals surface area contributed by atoms with Crippen molar-refractivity contribution in [1.29, 1.82) is 0 Å². The summed E-state index contributed by atoms with van der Waals surface area (Å²) in [5.74, 6) is -0.640. The molecule has 0 aromatic heterocycles. The number of benzene rings is 2. The van der Waals surface area contributed by atoms with Crippen molar-refractivity contribution < 1.29 is 8.78 Å². The van der Waals surface area contributed by atoms with Crippen molar-refractivity contribution >= 4 is 5.57 Å². The van der Waals surface area contributed by atoms with E-state index in [4.69, 9.17) is 0 Å². The van der Waals surface area contributed by atoms with E-state index in [1.165, 1.54) is 18.2 Å². The highest BCUT2D eigenvalue weighted by Crippen LogP contribution is 2.26. The van der Waals surface area contributed by atoms with Gasteiger partial charge in [-0.15, -0.1) is 0 Å². The predicted octanol–water partition coefficient (Wildman–Crippen LogP) is 5.06. The molecule has 0 spiro atoms. The Morgan fingerprint density at radius 1 is 1.06 bits per heavy atom. The second kappa shape index (κ2) is 5.13. The number of allylic oxidation sites excluding steroid dienone is 1. The summed E-state index contributed by atoms with van der Waals surface area (Å²) >= 11 is 0. The first-order valence-corrected chi connectivity index (χ1v) is 5.85. The molecular formula is C16H14F2. The number of hydrogen-bond acceptors (Lipinski definition) is 0. The van der Waals surface area contributed by atoms with Crippen molar-refractivity contribution in [3.8, 4) is 11.1 Å². The molecule has 0 fully saturated rings. The Hall–Kier alpha value is -1.96. The molecule has 0 saturated heterocycles. The summed E-state index contributed by atoms with van der Waals surface area (Å²) in [5, 5.41) is 0. The quantitative estimate of drug-likeness (QED) is 0.708. The SMILES string of the molecule is C=C(CC)c1ccc(-c2cccc(F)c2)cc1F. The summed E-state index contributed by atoms with van der Waals surface area (Å²) in [6.07, 6.45) is 0.705. The van der Waals surface area contributed by atoms with E-state index in [9.17, 15) is 8.78 Å². The highest BCUT2D eigenvalue weighted by molar-refractivity contribution is 5.69. The monoisotopic (exact) mass is 244 g/mol. The van der Waals surface area contributed by atoms with Crippen LogP contribution in [-0.4, -0.2) is 0 Å². The standard InChI is InChI=1S/C16H14F2/c1-3-11(2)15-8-7-13(10-16(15)18)12-5-4-6-14(17)9-12/h4-10H,2-3H2,1H3. The van der Waals surface area contributed by atoms with Crippen molar-refractivity contribution in [3.63, 3.8) is 0 Å². The second-order valence-electron chi connectivity index (χ2n) is 4.16. The van der Waals surface area contributed by atoms with Gasteiger partial charge in [0.1, 0.15) is 11.6 Å². The third-order valence-electron chi connectivity index (χ3n) is 2.93. The summed E-state index contributed by atoms with van der Waals surface area (Å²) in [7, 11) is 0. The maximum Gasteiger partial charge on any atom is 0.131 e. The van der Waals surface area contributed by atoms with Crippen LogP contribution < -0.4 is 0 Å². The Kier molecular flexibility index (Phi) is 3.56. The van der Waals surface area contributed by atoms with Crippen molar-refractivity contribution in [2.24, 2.45) is 0 Å². The van der Waals surface area contributed by atoms with Gasteiger partial charge in [-0.1, -0.05) is 37.8 Å². The first kappa shape index (κ1) is 12.5. The first-order valence-electron chi connectivity index (χ1n) is 5.85. The molecule has 2 aromatic rings. The van der Waals surface area contributed by atoms with Crippen molar-refractivity contribution in [2.45, 2.75) is 13.3 Å². The number of hydrogen-bond donors (Lipinski definition) is 0. The maximum absolute atomic E-state index is 13.9. The van der Waals surface area contributed by atoms with Gasteiger partial charge >= 0.3 is 0 Å².